The fraction of sp³-hybridized carbons (Fsp3) is 0.500. The molecule has 2 nitrogen and oxygen atoms in total. The summed E-state index contributed by atoms with van der Waals surface area (Å²) in [6.45, 7) is 6.58. The molecule has 0 fully saturated rings. The van der Waals surface area contributed by atoms with Crippen LogP contribution in [0, 0.1) is 5.92 Å². The minimum atomic E-state index is 0.494. The van der Waals surface area contributed by atoms with E-state index in [-0.39, 0.29) is 0 Å². The normalized spacial score (nSPS) is 19.5. The van der Waals surface area contributed by atoms with E-state index in [2.05, 4.69) is 48.7 Å². The summed E-state index contributed by atoms with van der Waals surface area (Å²) in [5.74, 6) is 0.711. The Bertz CT molecular complexity index is 307. The lowest BCUT2D eigenvalue weighted by molar-refractivity contribution is 0.495. The summed E-state index contributed by atoms with van der Waals surface area (Å²) in [7, 11) is 0. The van der Waals surface area contributed by atoms with E-state index < -0.39 is 0 Å². The van der Waals surface area contributed by atoms with Crippen LogP contribution in [0.15, 0.2) is 24.3 Å². The van der Waals surface area contributed by atoms with Gasteiger partial charge in [-0.15, -0.1) is 0 Å². The number of para-hydroxylation sites is 1. The Morgan fingerprint density at radius 3 is 3.00 bits per heavy atom. The van der Waals surface area contributed by atoms with Crippen molar-refractivity contribution in [3.63, 3.8) is 0 Å². The molecule has 1 atom stereocenters. The van der Waals surface area contributed by atoms with E-state index in [0.29, 0.717) is 12.0 Å². The van der Waals surface area contributed by atoms with Crippen LogP contribution in [-0.2, 0) is 0 Å². The zero-order chi connectivity index (χ0) is 9.97. The van der Waals surface area contributed by atoms with Gasteiger partial charge in [-0.1, -0.05) is 32.0 Å². The molecule has 2 heteroatoms. The van der Waals surface area contributed by atoms with Gasteiger partial charge < -0.3 is 10.6 Å². The van der Waals surface area contributed by atoms with Gasteiger partial charge in [0, 0.05) is 12.2 Å². The predicted octanol–water partition coefficient (Wildman–Crippen LogP) is 2.40. The molecule has 1 aromatic rings. The van der Waals surface area contributed by atoms with E-state index in [0.717, 1.165) is 13.1 Å². The van der Waals surface area contributed by atoms with Crippen molar-refractivity contribution in [1.29, 1.82) is 0 Å². The van der Waals surface area contributed by atoms with Crippen molar-refractivity contribution in [2.24, 2.45) is 5.92 Å². The molecule has 0 amide bonds. The number of anilines is 1. The number of fused-ring (bicyclic) bond motifs is 1. The molecule has 0 spiro atoms. The zero-order valence-electron chi connectivity index (χ0n) is 8.88. The summed E-state index contributed by atoms with van der Waals surface area (Å²) in [5, 5.41) is 6.99. The highest BCUT2D eigenvalue weighted by molar-refractivity contribution is 5.57. The molecule has 1 unspecified atom stereocenters. The Kier molecular flexibility index (Phi) is 2.73. The van der Waals surface area contributed by atoms with Crippen LogP contribution >= 0.6 is 0 Å². The van der Waals surface area contributed by atoms with Gasteiger partial charge in [0.1, 0.15) is 0 Å². The Morgan fingerprint density at radius 1 is 1.43 bits per heavy atom. The molecule has 2 rings (SSSR count). The Labute approximate surface area is 85.7 Å². The maximum absolute atomic E-state index is 3.57. The van der Waals surface area contributed by atoms with E-state index in [1.165, 1.54) is 11.3 Å². The fourth-order valence-corrected chi connectivity index (χ4v) is 1.84. The molecular weight excluding hydrogens is 172 g/mol. The van der Waals surface area contributed by atoms with Gasteiger partial charge in [0.15, 0.2) is 0 Å². The minimum Gasteiger partial charge on any atom is -0.383 e. The molecule has 0 aromatic heterocycles. The lowest BCUT2D eigenvalue weighted by atomic mass is 10.1. The molecule has 76 valence electrons. The van der Waals surface area contributed by atoms with Gasteiger partial charge in [0.25, 0.3) is 0 Å². The van der Waals surface area contributed by atoms with Crippen molar-refractivity contribution < 1.29 is 0 Å². The highest BCUT2D eigenvalue weighted by Crippen LogP contribution is 2.28. The molecule has 2 N–H and O–H groups in total. The van der Waals surface area contributed by atoms with Crippen molar-refractivity contribution in [2.45, 2.75) is 19.9 Å². The van der Waals surface area contributed by atoms with Crippen LogP contribution in [-0.4, -0.2) is 13.1 Å². The fourth-order valence-electron chi connectivity index (χ4n) is 1.84. The van der Waals surface area contributed by atoms with E-state index >= 15 is 0 Å². The highest BCUT2D eigenvalue weighted by atomic mass is 15.0. The molecule has 1 aliphatic rings. The summed E-state index contributed by atoms with van der Waals surface area (Å²) in [5.41, 5.74) is 2.70. The van der Waals surface area contributed by atoms with E-state index in [4.69, 9.17) is 0 Å². The number of hydrogen-bond donors (Lipinski definition) is 2. The van der Waals surface area contributed by atoms with E-state index in [1.807, 2.05) is 0 Å². The van der Waals surface area contributed by atoms with Crippen LogP contribution in [0.1, 0.15) is 25.5 Å². The van der Waals surface area contributed by atoms with Crippen LogP contribution in [0.4, 0.5) is 5.69 Å². The molecule has 0 saturated carbocycles. The van der Waals surface area contributed by atoms with Crippen molar-refractivity contribution in [3.8, 4) is 0 Å². The van der Waals surface area contributed by atoms with Gasteiger partial charge in [-0.05, 0) is 24.1 Å². The van der Waals surface area contributed by atoms with Crippen LogP contribution in [0.5, 0.6) is 0 Å². The lowest BCUT2D eigenvalue weighted by Gasteiger charge is -2.14. The third-order valence-electron chi connectivity index (χ3n) is 2.61. The molecule has 1 heterocycles. The molecule has 0 radical (unpaired) electrons. The maximum Gasteiger partial charge on any atom is 0.0516 e. The molecular formula is C12H18N2. The van der Waals surface area contributed by atoms with Gasteiger partial charge >= 0.3 is 0 Å². The summed E-state index contributed by atoms with van der Waals surface area (Å²) in [6, 6.07) is 9.03. The quantitative estimate of drug-likeness (QED) is 0.764. The first-order chi connectivity index (χ1) is 6.77. The second kappa shape index (κ2) is 4.01. The Hall–Kier alpha value is -1.02. The number of nitrogens with one attached hydrogen (secondary N) is 2. The second-order valence-electron chi connectivity index (χ2n) is 4.32. The lowest BCUT2D eigenvalue weighted by Crippen LogP contribution is -2.26. The molecule has 1 aliphatic heterocycles. The number of rotatable bonds is 3. The van der Waals surface area contributed by atoms with E-state index in [9.17, 15) is 0 Å². The standard InChI is InChI=1S/C12H18N2/c1-9(2)7-13-12-8-14-11-6-4-3-5-10(11)12/h3-6,9,12-14H,7-8H2,1-2H3. The summed E-state index contributed by atoms with van der Waals surface area (Å²) in [6.07, 6.45) is 0. The van der Waals surface area contributed by atoms with Crippen molar-refractivity contribution >= 4 is 5.69 Å². The summed E-state index contributed by atoms with van der Waals surface area (Å²) in [4.78, 5) is 0. The molecule has 14 heavy (non-hydrogen) atoms. The molecule has 0 saturated heterocycles. The van der Waals surface area contributed by atoms with Crippen molar-refractivity contribution in [2.75, 3.05) is 18.4 Å². The van der Waals surface area contributed by atoms with Crippen LogP contribution in [0.2, 0.25) is 0 Å². The largest absolute Gasteiger partial charge is 0.383 e. The monoisotopic (exact) mass is 190 g/mol. The van der Waals surface area contributed by atoms with Gasteiger partial charge in [0.2, 0.25) is 0 Å². The third kappa shape index (κ3) is 1.90. The third-order valence-corrected chi connectivity index (χ3v) is 2.61. The first-order valence-electron chi connectivity index (χ1n) is 5.33. The van der Waals surface area contributed by atoms with Gasteiger partial charge in [-0.3, -0.25) is 0 Å². The van der Waals surface area contributed by atoms with Crippen molar-refractivity contribution in [3.05, 3.63) is 29.8 Å². The highest BCUT2D eigenvalue weighted by Gasteiger charge is 2.20. The average molecular weight is 190 g/mol. The van der Waals surface area contributed by atoms with Crippen LogP contribution in [0.3, 0.4) is 0 Å². The second-order valence-corrected chi connectivity index (χ2v) is 4.32. The molecule has 0 bridgehead atoms. The summed E-state index contributed by atoms with van der Waals surface area (Å²) >= 11 is 0. The Balaban J connectivity index is 2.03. The van der Waals surface area contributed by atoms with Gasteiger partial charge in [-0.2, -0.15) is 0 Å². The van der Waals surface area contributed by atoms with Gasteiger partial charge in [0.05, 0.1) is 6.04 Å². The SMILES string of the molecule is CC(C)CNC1CNc2ccccc21. The zero-order valence-corrected chi connectivity index (χ0v) is 8.88. The predicted molar refractivity (Wildman–Crippen MR) is 60.5 cm³/mol. The van der Waals surface area contributed by atoms with Gasteiger partial charge in [-0.25, -0.2) is 0 Å². The smallest absolute Gasteiger partial charge is 0.0516 e. The molecule has 1 aromatic carbocycles. The van der Waals surface area contributed by atoms with Crippen molar-refractivity contribution in [1.82, 2.24) is 5.32 Å². The average Bonchev–Trinajstić information content (AvgIpc) is 2.58. The Morgan fingerprint density at radius 2 is 2.21 bits per heavy atom. The molecule has 0 aliphatic carbocycles. The van der Waals surface area contributed by atoms with Crippen LogP contribution < -0.4 is 10.6 Å². The van der Waals surface area contributed by atoms with Crippen LogP contribution in [0.25, 0.3) is 0 Å². The minimum absolute atomic E-state index is 0.494. The number of hydrogen-bond acceptors (Lipinski definition) is 2. The summed E-state index contributed by atoms with van der Waals surface area (Å²) < 4.78 is 0. The first kappa shape index (κ1) is 9.53. The topological polar surface area (TPSA) is 24.1 Å². The number of benzene rings is 1. The maximum atomic E-state index is 3.57. The van der Waals surface area contributed by atoms with E-state index in [1.54, 1.807) is 0 Å². The first-order valence-corrected chi connectivity index (χ1v) is 5.33.